The molecule has 1 atom stereocenters. The highest BCUT2D eigenvalue weighted by Crippen LogP contribution is 2.36. The van der Waals surface area contributed by atoms with E-state index in [4.69, 9.17) is 0 Å². The average Bonchev–Trinajstić information content (AvgIpc) is 3.20. The minimum Gasteiger partial charge on any atom is -0.351 e. The van der Waals surface area contributed by atoms with E-state index >= 15 is 0 Å². The number of carbonyl (C=O) groups is 2. The summed E-state index contributed by atoms with van der Waals surface area (Å²) in [5.74, 6) is -2.63. The molecule has 1 aromatic carbocycles. The molecule has 1 heterocycles. The van der Waals surface area contributed by atoms with E-state index in [9.17, 15) is 22.8 Å². The highest BCUT2D eigenvalue weighted by Gasteiger charge is 2.48. The van der Waals surface area contributed by atoms with Gasteiger partial charge in [0.15, 0.2) is 6.04 Å². The maximum Gasteiger partial charge on any atom is 0.471 e. The third kappa shape index (κ3) is 5.03. The lowest BCUT2D eigenvalue weighted by atomic mass is 9.95. The van der Waals surface area contributed by atoms with Gasteiger partial charge in [-0.3, -0.25) is 14.5 Å². The molecule has 1 aliphatic carbocycles. The number of nitrogens with zero attached hydrogens (tertiary/aromatic N) is 1. The summed E-state index contributed by atoms with van der Waals surface area (Å²) in [6.07, 6.45) is -0.507. The first kappa shape index (κ1) is 22.3. The largest absolute Gasteiger partial charge is 0.471 e. The molecule has 8 heteroatoms. The predicted octanol–water partition coefficient (Wildman–Crippen LogP) is 5.45. The molecular weight excluding hydrogens is 413 g/mol. The number of amides is 2. The van der Waals surface area contributed by atoms with Gasteiger partial charge in [-0.25, -0.2) is 0 Å². The molecule has 1 saturated carbocycles. The Morgan fingerprint density at radius 1 is 1.13 bits per heavy atom. The average molecular weight is 439 g/mol. The van der Waals surface area contributed by atoms with E-state index in [2.05, 4.69) is 5.32 Å². The minimum atomic E-state index is -5.11. The van der Waals surface area contributed by atoms with Gasteiger partial charge >= 0.3 is 12.1 Å². The van der Waals surface area contributed by atoms with E-state index in [-0.39, 0.29) is 11.7 Å². The number of hydrogen-bond donors (Lipinski definition) is 1. The number of halogens is 3. The highest BCUT2D eigenvalue weighted by atomic mass is 32.1. The van der Waals surface area contributed by atoms with E-state index in [1.807, 2.05) is 6.92 Å². The van der Waals surface area contributed by atoms with Crippen LogP contribution in [-0.4, -0.2) is 24.0 Å². The third-order valence-corrected chi connectivity index (χ3v) is 6.27. The summed E-state index contributed by atoms with van der Waals surface area (Å²) in [6.45, 7) is 3.46. The monoisotopic (exact) mass is 438 g/mol. The molecule has 0 radical (unpaired) electrons. The Hall–Kier alpha value is -2.35. The van der Waals surface area contributed by atoms with Gasteiger partial charge in [-0.05, 0) is 49.8 Å². The molecule has 0 spiro atoms. The minimum absolute atomic E-state index is 0.0834. The summed E-state index contributed by atoms with van der Waals surface area (Å²) in [5.41, 5.74) is 1.44. The number of alkyl halides is 3. The Bertz CT molecular complexity index is 890. The van der Waals surface area contributed by atoms with E-state index in [1.165, 1.54) is 6.07 Å². The second-order valence-electron chi connectivity index (χ2n) is 7.72. The first-order chi connectivity index (χ1) is 14.2. The Labute approximate surface area is 178 Å². The lowest BCUT2D eigenvalue weighted by Crippen LogP contribution is -2.50. The van der Waals surface area contributed by atoms with Gasteiger partial charge in [0.2, 0.25) is 5.91 Å². The van der Waals surface area contributed by atoms with Gasteiger partial charge in [-0.2, -0.15) is 13.2 Å². The van der Waals surface area contributed by atoms with Gasteiger partial charge in [-0.1, -0.05) is 43.0 Å². The maximum absolute atomic E-state index is 13.6. The molecule has 0 saturated heterocycles. The molecule has 1 fully saturated rings. The molecule has 2 aromatic rings. The van der Waals surface area contributed by atoms with Gasteiger partial charge in [0, 0.05) is 16.6 Å². The zero-order valence-electron chi connectivity index (χ0n) is 17.0. The fourth-order valence-corrected chi connectivity index (χ4v) is 4.74. The van der Waals surface area contributed by atoms with E-state index in [0.717, 1.165) is 49.0 Å². The van der Waals surface area contributed by atoms with Gasteiger partial charge in [0.1, 0.15) is 0 Å². The number of carbonyl (C=O) groups excluding carboxylic acids is 2. The van der Waals surface area contributed by atoms with Crippen molar-refractivity contribution in [2.24, 2.45) is 0 Å². The molecule has 1 unspecified atom stereocenters. The van der Waals surface area contributed by atoms with Crippen LogP contribution in [0.4, 0.5) is 18.9 Å². The lowest BCUT2D eigenvalue weighted by molar-refractivity contribution is -0.171. The molecule has 2 amide bonds. The first-order valence-electron chi connectivity index (χ1n) is 10.00. The van der Waals surface area contributed by atoms with Crippen molar-refractivity contribution in [1.82, 2.24) is 5.32 Å². The maximum atomic E-state index is 13.6. The molecule has 30 heavy (non-hydrogen) atoms. The zero-order valence-corrected chi connectivity index (χ0v) is 17.8. The van der Waals surface area contributed by atoms with Crippen molar-refractivity contribution >= 4 is 28.8 Å². The van der Waals surface area contributed by atoms with Crippen LogP contribution in [0.3, 0.4) is 0 Å². The topological polar surface area (TPSA) is 49.4 Å². The Morgan fingerprint density at radius 2 is 1.83 bits per heavy atom. The van der Waals surface area contributed by atoms with Crippen LogP contribution in [0.25, 0.3) is 0 Å². The van der Waals surface area contributed by atoms with Crippen LogP contribution in [0, 0.1) is 13.8 Å². The molecular formula is C22H25F3N2O2S. The van der Waals surface area contributed by atoms with Crippen LogP contribution in [0.2, 0.25) is 0 Å². The molecule has 0 aliphatic heterocycles. The van der Waals surface area contributed by atoms with Crippen molar-refractivity contribution in [3.05, 3.63) is 51.7 Å². The molecule has 162 valence electrons. The van der Waals surface area contributed by atoms with Gasteiger partial charge in [0.25, 0.3) is 0 Å². The summed E-state index contributed by atoms with van der Waals surface area (Å²) in [4.78, 5) is 26.8. The molecule has 1 aromatic heterocycles. The highest BCUT2D eigenvalue weighted by molar-refractivity contribution is 7.10. The molecule has 1 N–H and O–H groups in total. The molecule has 4 nitrogen and oxygen atoms in total. The van der Waals surface area contributed by atoms with Crippen LogP contribution >= 0.6 is 11.3 Å². The summed E-state index contributed by atoms with van der Waals surface area (Å²) < 4.78 is 40.8. The fraction of sp³-hybridized carbons (Fsp3) is 0.455. The number of hydrogen-bond acceptors (Lipinski definition) is 3. The SMILES string of the molecule is Cc1ccc(N(C(=O)C(F)(F)F)C(C(=O)NC2CCCCC2)c2cccs2)c(C)c1. The summed E-state index contributed by atoms with van der Waals surface area (Å²) in [6, 6.07) is 6.61. The lowest BCUT2D eigenvalue weighted by Gasteiger charge is -2.33. The number of rotatable bonds is 5. The fourth-order valence-electron chi connectivity index (χ4n) is 3.93. The van der Waals surface area contributed by atoms with Crippen LogP contribution < -0.4 is 10.2 Å². The Morgan fingerprint density at radius 3 is 2.40 bits per heavy atom. The van der Waals surface area contributed by atoms with E-state index in [1.54, 1.807) is 36.6 Å². The number of anilines is 1. The van der Waals surface area contributed by atoms with Crippen LogP contribution in [0.5, 0.6) is 0 Å². The van der Waals surface area contributed by atoms with Gasteiger partial charge in [0.05, 0.1) is 0 Å². The third-order valence-electron chi connectivity index (χ3n) is 5.34. The van der Waals surface area contributed by atoms with Crippen LogP contribution in [0.1, 0.15) is 54.1 Å². The molecule has 0 bridgehead atoms. The molecule has 1 aliphatic rings. The summed E-state index contributed by atoms with van der Waals surface area (Å²) in [5, 5.41) is 4.59. The Kier molecular flexibility index (Phi) is 6.85. The van der Waals surface area contributed by atoms with Gasteiger partial charge < -0.3 is 5.32 Å². The smallest absolute Gasteiger partial charge is 0.351 e. The number of benzene rings is 1. The normalized spacial score (nSPS) is 16.2. The second-order valence-corrected chi connectivity index (χ2v) is 8.70. The van der Waals surface area contributed by atoms with Crippen molar-refractivity contribution < 1.29 is 22.8 Å². The summed E-state index contributed by atoms with van der Waals surface area (Å²) in [7, 11) is 0. The summed E-state index contributed by atoms with van der Waals surface area (Å²) >= 11 is 1.16. The predicted molar refractivity (Wildman–Crippen MR) is 112 cm³/mol. The van der Waals surface area contributed by atoms with Crippen molar-refractivity contribution in [1.29, 1.82) is 0 Å². The molecule has 3 rings (SSSR count). The van der Waals surface area contributed by atoms with Crippen molar-refractivity contribution in [2.45, 2.75) is 64.2 Å². The van der Waals surface area contributed by atoms with Crippen LogP contribution in [-0.2, 0) is 9.59 Å². The quantitative estimate of drug-likeness (QED) is 0.675. The Balaban J connectivity index is 2.06. The van der Waals surface area contributed by atoms with Crippen molar-refractivity contribution in [3.8, 4) is 0 Å². The van der Waals surface area contributed by atoms with Gasteiger partial charge in [-0.15, -0.1) is 11.3 Å². The number of thiophene rings is 1. The second kappa shape index (κ2) is 9.20. The first-order valence-corrected chi connectivity index (χ1v) is 10.9. The van der Waals surface area contributed by atoms with Crippen molar-refractivity contribution in [2.75, 3.05) is 4.90 Å². The standard InChI is InChI=1S/C22H25F3N2O2S/c1-14-10-11-17(15(2)13-14)27(21(29)22(23,24)25)19(18-9-6-12-30-18)20(28)26-16-7-4-3-5-8-16/h6,9-13,16,19H,3-5,7-8H2,1-2H3,(H,26,28). The van der Waals surface area contributed by atoms with E-state index in [0.29, 0.717) is 15.3 Å². The van der Waals surface area contributed by atoms with Crippen LogP contribution in [0.15, 0.2) is 35.7 Å². The zero-order chi connectivity index (χ0) is 21.9. The number of nitrogens with one attached hydrogen (secondary N) is 1. The van der Waals surface area contributed by atoms with E-state index < -0.39 is 24.0 Å². The number of aryl methyl sites for hydroxylation is 2. The van der Waals surface area contributed by atoms with Crippen molar-refractivity contribution in [3.63, 3.8) is 0 Å².